The van der Waals surface area contributed by atoms with E-state index in [9.17, 15) is 4.79 Å². The summed E-state index contributed by atoms with van der Waals surface area (Å²) in [6, 6.07) is 10.1. The fraction of sp³-hybridized carbons (Fsp3) is 0.444. The number of aromatic nitrogens is 2. The van der Waals surface area contributed by atoms with E-state index in [0.717, 1.165) is 30.5 Å². The fourth-order valence-electron chi connectivity index (χ4n) is 3.54. The molecule has 1 aromatic heterocycles. The van der Waals surface area contributed by atoms with E-state index in [-0.39, 0.29) is 12.0 Å². The normalized spacial score (nSPS) is 20.6. The van der Waals surface area contributed by atoms with E-state index in [1.165, 1.54) is 5.69 Å². The summed E-state index contributed by atoms with van der Waals surface area (Å²) in [6.45, 7) is 3.91. The topological polar surface area (TPSA) is 47.4 Å². The fourth-order valence-corrected chi connectivity index (χ4v) is 3.54. The van der Waals surface area contributed by atoms with E-state index in [1.54, 1.807) is 0 Å². The lowest BCUT2D eigenvalue weighted by molar-refractivity contribution is -0.0126. The second-order valence-electron chi connectivity index (χ2n) is 6.31. The average molecular weight is 311 g/mol. The molecule has 1 aliphatic carbocycles. The molecule has 4 rings (SSSR count). The van der Waals surface area contributed by atoms with Crippen LogP contribution in [0.2, 0.25) is 0 Å². The van der Waals surface area contributed by atoms with Crippen molar-refractivity contribution in [3.63, 3.8) is 0 Å². The molecule has 1 aromatic carbocycles. The summed E-state index contributed by atoms with van der Waals surface area (Å²) < 4.78 is 7.50. The van der Waals surface area contributed by atoms with Crippen LogP contribution in [0, 0.1) is 0 Å². The highest BCUT2D eigenvalue weighted by molar-refractivity contribution is 5.94. The van der Waals surface area contributed by atoms with Gasteiger partial charge in [0, 0.05) is 24.3 Å². The number of benzene rings is 1. The molecule has 0 saturated carbocycles. The van der Waals surface area contributed by atoms with Gasteiger partial charge in [-0.15, -0.1) is 0 Å². The van der Waals surface area contributed by atoms with Crippen LogP contribution in [0.5, 0.6) is 0 Å². The van der Waals surface area contributed by atoms with Gasteiger partial charge in [0.05, 0.1) is 18.4 Å². The average Bonchev–Trinajstić information content (AvgIpc) is 3.17. The Bertz CT molecular complexity index is 723. The van der Waals surface area contributed by atoms with Gasteiger partial charge in [-0.25, -0.2) is 4.68 Å². The highest BCUT2D eigenvalue weighted by Gasteiger charge is 2.31. The number of hydrogen-bond acceptors (Lipinski definition) is 3. The number of ether oxygens (including phenoxy) is 1. The maximum absolute atomic E-state index is 12.9. The minimum Gasteiger partial charge on any atom is -0.375 e. The molecule has 2 aliphatic rings. The molecule has 1 unspecified atom stereocenters. The van der Waals surface area contributed by atoms with Gasteiger partial charge in [-0.2, -0.15) is 5.10 Å². The molecular weight excluding hydrogens is 290 g/mol. The standard InChI is InChI=1S/C18H21N3O2/c1-13-12-20(10-11-23-13)18(22)17-15-8-5-9-16(15)21(19-17)14-6-3-2-4-7-14/h2-4,6-7,13H,5,8-12H2,1H3. The van der Waals surface area contributed by atoms with Gasteiger partial charge < -0.3 is 9.64 Å². The van der Waals surface area contributed by atoms with Crippen molar-refractivity contribution < 1.29 is 9.53 Å². The smallest absolute Gasteiger partial charge is 0.274 e. The lowest BCUT2D eigenvalue weighted by Crippen LogP contribution is -2.44. The monoisotopic (exact) mass is 311 g/mol. The second kappa shape index (κ2) is 5.81. The third-order valence-corrected chi connectivity index (χ3v) is 4.66. The van der Waals surface area contributed by atoms with Crippen LogP contribution >= 0.6 is 0 Å². The molecule has 120 valence electrons. The van der Waals surface area contributed by atoms with Gasteiger partial charge in [0.2, 0.25) is 0 Å². The number of carbonyl (C=O) groups is 1. The maximum atomic E-state index is 12.9. The van der Waals surface area contributed by atoms with Crippen molar-refractivity contribution in [2.24, 2.45) is 0 Å². The van der Waals surface area contributed by atoms with Crippen molar-refractivity contribution in [2.45, 2.75) is 32.3 Å². The Morgan fingerprint density at radius 1 is 1.26 bits per heavy atom. The molecule has 2 aromatic rings. The molecule has 1 atom stereocenters. The molecule has 0 N–H and O–H groups in total. The molecule has 0 bridgehead atoms. The number of hydrogen-bond donors (Lipinski definition) is 0. The molecular formula is C18H21N3O2. The number of para-hydroxylation sites is 1. The second-order valence-corrected chi connectivity index (χ2v) is 6.31. The van der Waals surface area contributed by atoms with E-state index in [4.69, 9.17) is 4.74 Å². The summed E-state index contributed by atoms with van der Waals surface area (Å²) in [5, 5.41) is 4.69. The number of nitrogens with zero attached hydrogens (tertiary/aromatic N) is 3. The summed E-state index contributed by atoms with van der Waals surface area (Å²) in [4.78, 5) is 14.8. The van der Waals surface area contributed by atoms with Crippen molar-refractivity contribution in [3.05, 3.63) is 47.3 Å². The van der Waals surface area contributed by atoms with Gasteiger partial charge in [-0.1, -0.05) is 18.2 Å². The molecule has 5 heteroatoms. The zero-order valence-corrected chi connectivity index (χ0v) is 13.4. The molecule has 1 aliphatic heterocycles. The van der Waals surface area contributed by atoms with Crippen molar-refractivity contribution in [3.8, 4) is 5.69 Å². The zero-order chi connectivity index (χ0) is 15.8. The molecule has 2 heterocycles. The number of rotatable bonds is 2. The zero-order valence-electron chi connectivity index (χ0n) is 13.4. The van der Waals surface area contributed by atoms with Crippen LogP contribution in [0.15, 0.2) is 30.3 Å². The summed E-state index contributed by atoms with van der Waals surface area (Å²) in [5.74, 6) is 0.0491. The minimum atomic E-state index is 0.0491. The number of morpholine rings is 1. The first kappa shape index (κ1) is 14.5. The summed E-state index contributed by atoms with van der Waals surface area (Å²) in [7, 11) is 0. The predicted molar refractivity (Wildman–Crippen MR) is 86.9 cm³/mol. The van der Waals surface area contributed by atoms with Crippen LogP contribution in [-0.2, 0) is 17.6 Å². The Hall–Kier alpha value is -2.14. The van der Waals surface area contributed by atoms with Crippen LogP contribution in [0.25, 0.3) is 5.69 Å². The van der Waals surface area contributed by atoms with Gasteiger partial charge in [-0.05, 0) is 38.3 Å². The van der Waals surface area contributed by atoms with Gasteiger partial charge >= 0.3 is 0 Å². The Balaban J connectivity index is 1.71. The molecule has 0 radical (unpaired) electrons. The van der Waals surface area contributed by atoms with Crippen LogP contribution in [0.3, 0.4) is 0 Å². The SMILES string of the molecule is CC1CN(C(=O)c2nn(-c3ccccc3)c3c2CCC3)CCO1. The number of amides is 1. The third kappa shape index (κ3) is 2.55. The first-order chi connectivity index (χ1) is 11.2. The molecule has 5 nitrogen and oxygen atoms in total. The molecule has 1 saturated heterocycles. The van der Waals surface area contributed by atoms with Crippen LogP contribution in [0.4, 0.5) is 0 Å². The summed E-state index contributed by atoms with van der Waals surface area (Å²) >= 11 is 0. The number of carbonyl (C=O) groups excluding carboxylic acids is 1. The van der Waals surface area contributed by atoms with Crippen LogP contribution < -0.4 is 0 Å². The van der Waals surface area contributed by atoms with Crippen LogP contribution in [-0.4, -0.2) is 46.4 Å². The van der Waals surface area contributed by atoms with Gasteiger partial charge in [-0.3, -0.25) is 4.79 Å². The van der Waals surface area contributed by atoms with E-state index in [0.29, 0.717) is 25.4 Å². The van der Waals surface area contributed by atoms with E-state index >= 15 is 0 Å². The van der Waals surface area contributed by atoms with Crippen molar-refractivity contribution in [1.82, 2.24) is 14.7 Å². The largest absolute Gasteiger partial charge is 0.375 e. The van der Waals surface area contributed by atoms with Gasteiger partial charge in [0.25, 0.3) is 5.91 Å². The predicted octanol–water partition coefficient (Wildman–Crippen LogP) is 2.22. The quantitative estimate of drug-likeness (QED) is 0.854. The first-order valence-electron chi connectivity index (χ1n) is 8.31. The van der Waals surface area contributed by atoms with Crippen molar-refractivity contribution in [1.29, 1.82) is 0 Å². The van der Waals surface area contributed by atoms with Crippen molar-refractivity contribution >= 4 is 5.91 Å². The van der Waals surface area contributed by atoms with E-state index in [2.05, 4.69) is 5.10 Å². The first-order valence-corrected chi connectivity index (χ1v) is 8.31. The number of fused-ring (bicyclic) bond motifs is 1. The Morgan fingerprint density at radius 3 is 2.87 bits per heavy atom. The summed E-state index contributed by atoms with van der Waals surface area (Å²) in [5.41, 5.74) is 3.99. The molecule has 1 fully saturated rings. The molecule has 23 heavy (non-hydrogen) atoms. The Labute approximate surface area is 135 Å². The lowest BCUT2D eigenvalue weighted by atomic mass is 10.1. The van der Waals surface area contributed by atoms with Crippen molar-refractivity contribution in [2.75, 3.05) is 19.7 Å². The highest BCUT2D eigenvalue weighted by atomic mass is 16.5. The van der Waals surface area contributed by atoms with E-state index in [1.807, 2.05) is 46.8 Å². The minimum absolute atomic E-state index is 0.0491. The van der Waals surface area contributed by atoms with Gasteiger partial charge in [0.1, 0.15) is 0 Å². The van der Waals surface area contributed by atoms with E-state index < -0.39 is 0 Å². The molecule has 0 spiro atoms. The highest BCUT2D eigenvalue weighted by Crippen LogP contribution is 2.28. The lowest BCUT2D eigenvalue weighted by Gasteiger charge is -2.30. The van der Waals surface area contributed by atoms with Crippen LogP contribution in [0.1, 0.15) is 35.1 Å². The Morgan fingerprint density at radius 2 is 2.09 bits per heavy atom. The third-order valence-electron chi connectivity index (χ3n) is 4.66. The maximum Gasteiger partial charge on any atom is 0.274 e. The molecule has 1 amide bonds. The van der Waals surface area contributed by atoms with Gasteiger partial charge in [0.15, 0.2) is 5.69 Å². The summed E-state index contributed by atoms with van der Waals surface area (Å²) in [6.07, 6.45) is 3.13. The Kier molecular flexibility index (Phi) is 3.65.